The number of nitrogens with one attached hydrogen (secondary N) is 1. The summed E-state index contributed by atoms with van der Waals surface area (Å²) in [6.45, 7) is 6.13. The third-order valence-electron chi connectivity index (χ3n) is 2.12. The highest BCUT2D eigenvalue weighted by atomic mass is 35.5. The molecule has 0 atom stereocenters. The lowest BCUT2D eigenvalue weighted by Crippen LogP contribution is -2.45. The van der Waals surface area contributed by atoms with Gasteiger partial charge in [0.05, 0.1) is 0 Å². The third kappa shape index (κ3) is 3.61. The second kappa shape index (κ2) is 4.60. The van der Waals surface area contributed by atoms with Crippen LogP contribution in [0, 0.1) is 0 Å². The molecule has 0 saturated carbocycles. The van der Waals surface area contributed by atoms with Gasteiger partial charge in [-0.05, 0) is 19.8 Å². The van der Waals surface area contributed by atoms with Gasteiger partial charge in [0.25, 0.3) is 0 Å². The molecule has 0 saturated heterocycles. The highest BCUT2D eigenvalue weighted by Gasteiger charge is 2.20. The maximum Gasteiger partial charge on any atom is 0.235 e. The molecule has 11 heavy (non-hydrogen) atoms. The monoisotopic (exact) mass is 177 g/mol. The summed E-state index contributed by atoms with van der Waals surface area (Å²) in [6.07, 6.45) is 1.87. The van der Waals surface area contributed by atoms with Crippen molar-refractivity contribution in [1.82, 2.24) is 5.32 Å². The molecule has 2 nitrogen and oxygen atoms in total. The molecule has 0 bridgehead atoms. The zero-order valence-electron chi connectivity index (χ0n) is 7.41. The Balaban J connectivity index is 3.96. The van der Waals surface area contributed by atoms with Crippen molar-refractivity contribution in [3.8, 4) is 0 Å². The van der Waals surface area contributed by atoms with E-state index in [-0.39, 0.29) is 17.3 Å². The van der Waals surface area contributed by atoms with Crippen LogP contribution in [0.25, 0.3) is 0 Å². The highest BCUT2D eigenvalue weighted by Crippen LogP contribution is 2.12. The van der Waals surface area contributed by atoms with Crippen LogP contribution in [-0.4, -0.2) is 17.3 Å². The first-order valence-electron chi connectivity index (χ1n) is 3.95. The van der Waals surface area contributed by atoms with Crippen molar-refractivity contribution in [2.24, 2.45) is 0 Å². The number of alkyl halides is 1. The van der Waals surface area contributed by atoms with Crippen LogP contribution >= 0.6 is 11.6 Å². The van der Waals surface area contributed by atoms with Crippen LogP contribution in [0.5, 0.6) is 0 Å². The molecule has 66 valence electrons. The molecule has 0 rings (SSSR count). The summed E-state index contributed by atoms with van der Waals surface area (Å²) in [5.74, 6) is -0.0341. The molecule has 0 aromatic rings. The van der Waals surface area contributed by atoms with Crippen molar-refractivity contribution in [2.45, 2.75) is 39.2 Å². The van der Waals surface area contributed by atoms with Gasteiger partial charge in [-0.2, -0.15) is 0 Å². The van der Waals surface area contributed by atoms with E-state index in [9.17, 15) is 4.79 Å². The van der Waals surface area contributed by atoms with Gasteiger partial charge >= 0.3 is 0 Å². The van der Waals surface area contributed by atoms with Gasteiger partial charge in [-0.1, -0.05) is 13.8 Å². The van der Waals surface area contributed by atoms with E-state index < -0.39 is 0 Å². The lowest BCUT2D eigenvalue weighted by molar-refractivity contribution is -0.120. The lowest BCUT2D eigenvalue weighted by atomic mass is 9.96. The molecule has 0 heterocycles. The van der Waals surface area contributed by atoms with E-state index in [1.807, 2.05) is 6.92 Å². The molecule has 3 heteroatoms. The first kappa shape index (κ1) is 10.8. The van der Waals surface area contributed by atoms with Crippen LogP contribution in [0.1, 0.15) is 33.6 Å². The molecule has 0 aromatic heterocycles. The molecular formula is C8H16ClNO. The fourth-order valence-corrected chi connectivity index (χ4v) is 0.864. The number of rotatable bonds is 4. The van der Waals surface area contributed by atoms with Crippen molar-refractivity contribution in [3.63, 3.8) is 0 Å². The molecule has 0 aliphatic heterocycles. The van der Waals surface area contributed by atoms with E-state index in [1.54, 1.807) is 0 Å². The van der Waals surface area contributed by atoms with Crippen LogP contribution in [0.15, 0.2) is 0 Å². The smallest absolute Gasteiger partial charge is 0.235 e. The Hall–Kier alpha value is -0.240. The Morgan fingerprint density at radius 3 is 2.18 bits per heavy atom. The minimum atomic E-state index is -0.0853. The topological polar surface area (TPSA) is 29.1 Å². The Morgan fingerprint density at radius 2 is 1.91 bits per heavy atom. The van der Waals surface area contributed by atoms with Crippen molar-refractivity contribution < 1.29 is 4.79 Å². The van der Waals surface area contributed by atoms with Gasteiger partial charge in [0.2, 0.25) is 5.91 Å². The zero-order valence-corrected chi connectivity index (χ0v) is 8.16. The normalized spacial score (nSPS) is 11.3. The van der Waals surface area contributed by atoms with Crippen molar-refractivity contribution >= 4 is 17.5 Å². The second-order valence-electron chi connectivity index (χ2n) is 2.95. The third-order valence-corrected chi connectivity index (χ3v) is 2.37. The molecular weight excluding hydrogens is 162 g/mol. The van der Waals surface area contributed by atoms with E-state index in [0.29, 0.717) is 0 Å². The van der Waals surface area contributed by atoms with E-state index in [0.717, 1.165) is 12.8 Å². The van der Waals surface area contributed by atoms with E-state index in [4.69, 9.17) is 11.6 Å². The first-order valence-corrected chi connectivity index (χ1v) is 4.48. The van der Waals surface area contributed by atoms with Crippen LogP contribution in [0.2, 0.25) is 0 Å². The summed E-state index contributed by atoms with van der Waals surface area (Å²) in [5, 5.41) is 2.87. The Kier molecular flexibility index (Phi) is 4.50. The molecule has 0 aromatic carbocycles. The largest absolute Gasteiger partial charge is 0.350 e. The predicted octanol–water partition coefficient (Wildman–Crippen LogP) is 1.92. The summed E-state index contributed by atoms with van der Waals surface area (Å²) >= 11 is 5.36. The number of hydrogen-bond acceptors (Lipinski definition) is 1. The SMILES string of the molecule is CCC(C)(CC)NC(=O)CCl. The Morgan fingerprint density at radius 1 is 1.45 bits per heavy atom. The van der Waals surface area contributed by atoms with E-state index in [2.05, 4.69) is 19.2 Å². The summed E-state index contributed by atoms with van der Waals surface area (Å²) in [5.41, 5.74) is -0.0774. The maximum atomic E-state index is 10.9. The number of hydrogen-bond donors (Lipinski definition) is 1. The molecule has 0 aliphatic rings. The molecule has 1 N–H and O–H groups in total. The predicted molar refractivity (Wildman–Crippen MR) is 47.8 cm³/mol. The number of halogens is 1. The van der Waals surface area contributed by atoms with Crippen molar-refractivity contribution in [3.05, 3.63) is 0 Å². The van der Waals surface area contributed by atoms with Gasteiger partial charge in [-0.15, -0.1) is 11.6 Å². The molecule has 0 fully saturated rings. The standard InChI is InChI=1S/C8H16ClNO/c1-4-8(3,5-2)10-7(11)6-9/h4-6H2,1-3H3,(H,10,11). The summed E-state index contributed by atoms with van der Waals surface area (Å²) in [4.78, 5) is 10.9. The Labute approximate surface area is 73.3 Å². The van der Waals surface area contributed by atoms with Crippen LogP contribution in [0.3, 0.4) is 0 Å². The van der Waals surface area contributed by atoms with Crippen LogP contribution in [-0.2, 0) is 4.79 Å². The minimum Gasteiger partial charge on any atom is -0.350 e. The van der Waals surface area contributed by atoms with Gasteiger partial charge in [0, 0.05) is 5.54 Å². The maximum absolute atomic E-state index is 10.9. The average molecular weight is 178 g/mol. The van der Waals surface area contributed by atoms with Gasteiger partial charge in [0.1, 0.15) is 5.88 Å². The van der Waals surface area contributed by atoms with Gasteiger partial charge < -0.3 is 5.32 Å². The van der Waals surface area contributed by atoms with Crippen LogP contribution < -0.4 is 5.32 Å². The van der Waals surface area contributed by atoms with Gasteiger partial charge in [-0.3, -0.25) is 4.79 Å². The first-order chi connectivity index (χ1) is 5.08. The zero-order chi connectivity index (χ0) is 8.91. The molecule has 0 unspecified atom stereocenters. The number of carbonyl (C=O) groups excluding carboxylic acids is 1. The Bertz CT molecular complexity index is 132. The number of amides is 1. The fraction of sp³-hybridized carbons (Fsp3) is 0.875. The average Bonchev–Trinajstić information content (AvgIpc) is 2.04. The lowest BCUT2D eigenvalue weighted by Gasteiger charge is -2.27. The minimum absolute atomic E-state index is 0.0512. The van der Waals surface area contributed by atoms with Gasteiger partial charge in [-0.25, -0.2) is 0 Å². The quantitative estimate of drug-likeness (QED) is 0.654. The van der Waals surface area contributed by atoms with E-state index in [1.165, 1.54) is 0 Å². The summed E-state index contributed by atoms with van der Waals surface area (Å²) < 4.78 is 0. The molecule has 0 aliphatic carbocycles. The molecule has 0 radical (unpaired) electrons. The van der Waals surface area contributed by atoms with Crippen molar-refractivity contribution in [2.75, 3.05) is 5.88 Å². The molecule has 0 spiro atoms. The second-order valence-corrected chi connectivity index (χ2v) is 3.22. The van der Waals surface area contributed by atoms with Crippen molar-refractivity contribution in [1.29, 1.82) is 0 Å². The summed E-state index contributed by atoms with van der Waals surface area (Å²) in [7, 11) is 0. The van der Waals surface area contributed by atoms with Gasteiger partial charge in [0.15, 0.2) is 0 Å². The molecule has 1 amide bonds. The number of carbonyl (C=O) groups is 1. The highest BCUT2D eigenvalue weighted by molar-refractivity contribution is 6.27. The van der Waals surface area contributed by atoms with E-state index >= 15 is 0 Å². The fourth-order valence-electron chi connectivity index (χ4n) is 0.797. The summed E-state index contributed by atoms with van der Waals surface area (Å²) in [6, 6.07) is 0. The van der Waals surface area contributed by atoms with Crippen LogP contribution in [0.4, 0.5) is 0 Å².